The number of benzene rings is 1. The molecular formula is C27H20N4O5S2. The van der Waals surface area contributed by atoms with E-state index < -0.39 is 23.6 Å². The summed E-state index contributed by atoms with van der Waals surface area (Å²) >= 11 is 2.69. The van der Waals surface area contributed by atoms with Crippen LogP contribution in [0.1, 0.15) is 52.8 Å². The van der Waals surface area contributed by atoms with E-state index in [9.17, 15) is 14.7 Å². The fourth-order valence-electron chi connectivity index (χ4n) is 4.22. The molecule has 1 unspecified atom stereocenters. The number of rotatable bonds is 5. The van der Waals surface area contributed by atoms with Gasteiger partial charge in [0.1, 0.15) is 26.2 Å². The molecule has 11 heteroatoms. The molecular weight excluding hydrogens is 524 g/mol. The summed E-state index contributed by atoms with van der Waals surface area (Å²) < 4.78 is 12.3. The summed E-state index contributed by atoms with van der Waals surface area (Å²) in [5, 5.41) is 14.0. The number of aliphatic carboxylic acids is 1. The molecule has 5 aromatic rings. The molecule has 4 aromatic heterocycles. The number of fused-ring (bicyclic) bond motifs is 2. The van der Waals surface area contributed by atoms with Crippen molar-refractivity contribution in [1.29, 1.82) is 0 Å². The molecule has 1 fully saturated rings. The smallest absolute Gasteiger partial charge is 0.412 e. The molecule has 0 spiro atoms. The molecule has 1 saturated carbocycles. The molecule has 0 radical (unpaired) electrons. The zero-order valence-electron chi connectivity index (χ0n) is 20.3. The summed E-state index contributed by atoms with van der Waals surface area (Å²) in [4.78, 5) is 37.4. The van der Waals surface area contributed by atoms with Crippen molar-refractivity contribution in [3.63, 3.8) is 0 Å². The maximum atomic E-state index is 12.8. The van der Waals surface area contributed by atoms with Crippen molar-refractivity contribution in [2.75, 3.05) is 5.32 Å². The Labute approximate surface area is 224 Å². The second-order valence-electron chi connectivity index (χ2n) is 8.99. The van der Waals surface area contributed by atoms with Crippen LogP contribution >= 0.6 is 22.7 Å². The number of nitrogens with zero attached hydrogens (tertiary/aromatic N) is 3. The van der Waals surface area contributed by atoms with E-state index in [-0.39, 0.29) is 5.76 Å². The molecule has 1 aromatic carbocycles. The van der Waals surface area contributed by atoms with E-state index in [1.807, 2.05) is 38.1 Å². The molecule has 4 heterocycles. The van der Waals surface area contributed by atoms with Gasteiger partial charge in [-0.15, -0.1) is 11.3 Å². The highest BCUT2D eigenvalue weighted by Crippen LogP contribution is 2.51. The van der Waals surface area contributed by atoms with Crippen molar-refractivity contribution >= 4 is 61.1 Å². The Bertz CT molecular complexity index is 1760. The van der Waals surface area contributed by atoms with E-state index in [4.69, 9.17) is 9.15 Å². The second-order valence-corrected chi connectivity index (χ2v) is 11.3. The van der Waals surface area contributed by atoms with Gasteiger partial charge in [0.2, 0.25) is 5.76 Å². The second kappa shape index (κ2) is 9.24. The topological polar surface area (TPSA) is 127 Å². The molecule has 38 heavy (non-hydrogen) atoms. The molecule has 0 saturated heterocycles. The van der Waals surface area contributed by atoms with Crippen molar-refractivity contribution in [3.8, 4) is 11.8 Å². The van der Waals surface area contributed by atoms with E-state index in [0.717, 1.165) is 15.1 Å². The lowest BCUT2D eigenvalue weighted by atomic mass is 10.1. The zero-order valence-corrected chi connectivity index (χ0v) is 21.9. The number of carbonyl (C=O) groups is 2. The number of carbonyl (C=O) groups excluding carboxylic acids is 1. The minimum Gasteiger partial charge on any atom is -0.481 e. The van der Waals surface area contributed by atoms with Gasteiger partial charge >= 0.3 is 12.1 Å². The van der Waals surface area contributed by atoms with Crippen molar-refractivity contribution in [2.24, 2.45) is 0 Å². The third-order valence-electron chi connectivity index (χ3n) is 6.46. The number of aryl methyl sites for hydroxylation is 1. The Balaban J connectivity index is 1.26. The molecule has 1 aliphatic carbocycles. The van der Waals surface area contributed by atoms with Crippen LogP contribution in [0.5, 0.6) is 0 Å². The van der Waals surface area contributed by atoms with Gasteiger partial charge in [0.05, 0.1) is 6.20 Å². The lowest BCUT2D eigenvalue weighted by Crippen LogP contribution is -2.18. The lowest BCUT2D eigenvalue weighted by molar-refractivity contribution is -0.140. The Kier molecular flexibility index (Phi) is 5.86. The first kappa shape index (κ1) is 24.1. The average molecular weight is 545 g/mol. The Morgan fingerprint density at radius 1 is 1.18 bits per heavy atom. The first-order chi connectivity index (χ1) is 18.3. The van der Waals surface area contributed by atoms with Crippen LogP contribution in [0.25, 0.3) is 20.6 Å². The molecule has 2 N–H and O–H groups in total. The number of hydrogen-bond acceptors (Lipinski definition) is 9. The normalized spacial score (nSPS) is 14.6. The minimum absolute atomic E-state index is 0.239. The van der Waals surface area contributed by atoms with Crippen LogP contribution in [0, 0.1) is 18.8 Å². The SMILES string of the molecule is Cc1ccccc1C(C)OC(=O)Nc1c(C#Cc2nc3nc(C4(C(=O)O)CC4)sc3s2)oc2cnccc12. The number of thiazole rings is 2. The Morgan fingerprint density at radius 3 is 2.74 bits per heavy atom. The van der Waals surface area contributed by atoms with Gasteiger partial charge in [0.25, 0.3) is 0 Å². The Morgan fingerprint density at radius 2 is 2.00 bits per heavy atom. The molecule has 1 amide bonds. The van der Waals surface area contributed by atoms with E-state index in [0.29, 0.717) is 45.2 Å². The van der Waals surface area contributed by atoms with Crippen LogP contribution < -0.4 is 5.32 Å². The number of ether oxygens (including phenoxy) is 1. The first-order valence-corrected chi connectivity index (χ1v) is 13.4. The third-order valence-corrected chi connectivity index (χ3v) is 8.76. The van der Waals surface area contributed by atoms with Crippen LogP contribution in [0.2, 0.25) is 0 Å². The molecule has 0 aliphatic heterocycles. The highest BCUT2D eigenvalue weighted by atomic mass is 32.2. The number of nitrogens with one attached hydrogen (secondary N) is 1. The quantitative estimate of drug-likeness (QED) is 0.257. The molecule has 1 aliphatic rings. The van der Waals surface area contributed by atoms with E-state index >= 15 is 0 Å². The summed E-state index contributed by atoms with van der Waals surface area (Å²) in [5.74, 6) is 5.34. The molecule has 0 bridgehead atoms. The number of pyridine rings is 1. The van der Waals surface area contributed by atoms with Gasteiger partial charge in [0, 0.05) is 11.6 Å². The zero-order chi connectivity index (χ0) is 26.4. The fraction of sp³-hybridized carbons (Fsp3) is 0.222. The molecule has 1 atom stereocenters. The van der Waals surface area contributed by atoms with Crippen LogP contribution in [0.15, 0.2) is 47.1 Å². The monoisotopic (exact) mass is 544 g/mol. The van der Waals surface area contributed by atoms with Gasteiger partial charge in [0.15, 0.2) is 16.2 Å². The van der Waals surface area contributed by atoms with Crippen LogP contribution in [-0.2, 0) is 14.9 Å². The lowest BCUT2D eigenvalue weighted by Gasteiger charge is -2.16. The third kappa shape index (κ3) is 4.27. The van der Waals surface area contributed by atoms with Gasteiger partial charge in [-0.2, -0.15) is 0 Å². The summed E-state index contributed by atoms with van der Waals surface area (Å²) in [6, 6.07) is 9.45. The van der Waals surface area contributed by atoms with Crippen molar-refractivity contribution in [3.05, 3.63) is 69.6 Å². The summed E-state index contributed by atoms with van der Waals surface area (Å²) in [6.45, 7) is 3.78. The number of carboxylic acids is 1. The Hall–Kier alpha value is -4.27. The largest absolute Gasteiger partial charge is 0.481 e. The number of carboxylic acid groups (broad SMARTS) is 1. The number of anilines is 1. The number of furan rings is 1. The number of hydrogen-bond donors (Lipinski definition) is 2. The van der Waals surface area contributed by atoms with Gasteiger partial charge < -0.3 is 14.3 Å². The first-order valence-electron chi connectivity index (χ1n) is 11.8. The van der Waals surface area contributed by atoms with Crippen LogP contribution in [0.3, 0.4) is 0 Å². The van der Waals surface area contributed by atoms with E-state index in [2.05, 4.69) is 32.1 Å². The fourth-order valence-corrected chi connectivity index (χ4v) is 6.43. The van der Waals surface area contributed by atoms with Gasteiger partial charge in [-0.25, -0.2) is 14.8 Å². The predicted octanol–water partition coefficient (Wildman–Crippen LogP) is 6.03. The highest BCUT2D eigenvalue weighted by molar-refractivity contribution is 7.38. The van der Waals surface area contributed by atoms with Crippen molar-refractivity contribution in [2.45, 2.75) is 38.2 Å². The van der Waals surface area contributed by atoms with E-state index in [1.165, 1.54) is 22.7 Å². The summed E-state index contributed by atoms with van der Waals surface area (Å²) in [6.07, 6.45) is 3.25. The minimum atomic E-state index is -0.856. The molecule has 6 rings (SSSR count). The predicted molar refractivity (Wildman–Crippen MR) is 144 cm³/mol. The maximum Gasteiger partial charge on any atom is 0.412 e. The summed E-state index contributed by atoms with van der Waals surface area (Å²) in [5.41, 5.74) is 2.43. The standard InChI is InChI=1S/C27H20N4O5S2/c1-14-5-3-4-6-16(14)15(2)35-26(34)30-21-17-9-12-28-13-19(17)36-18(21)7-8-20-29-22-23(37-20)38-24(31-22)27(10-11-27)25(32)33/h3-6,9,12-13,15H,10-11H2,1-2H3,(H,30,34)(H,32,33). The maximum absolute atomic E-state index is 12.8. The summed E-state index contributed by atoms with van der Waals surface area (Å²) in [7, 11) is 0. The highest BCUT2D eigenvalue weighted by Gasteiger charge is 2.54. The molecule has 190 valence electrons. The van der Waals surface area contributed by atoms with Crippen LogP contribution in [-0.4, -0.2) is 32.1 Å². The van der Waals surface area contributed by atoms with Gasteiger partial charge in [-0.1, -0.05) is 35.6 Å². The van der Waals surface area contributed by atoms with Crippen molar-refractivity contribution < 1.29 is 23.8 Å². The number of aromatic nitrogens is 3. The van der Waals surface area contributed by atoms with Crippen LogP contribution in [0.4, 0.5) is 10.5 Å². The molecule has 9 nitrogen and oxygen atoms in total. The van der Waals surface area contributed by atoms with Crippen molar-refractivity contribution in [1.82, 2.24) is 15.0 Å². The van der Waals surface area contributed by atoms with E-state index in [1.54, 1.807) is 18.5 Å². The van der Waals surface area contributed by atoms with Gasteiger partial charge in [-0.05, 0) is 55.7 Å². The van der Waals surface area contributed by atoms with Gasteiger partial charge in [-0.3, -0.25) is 15.1 Å². The average Bonchev–Trinajstić information content (AvgIpc) is 3.32. The number of amides is 1.